The molecule has 50 heavy (non-hydrogen) atoms. The monoisotopic (exact) mass is 673 g/mol. The van der Waals surface area contributed by atoms with Crippen molar-refractivity contribution < 1.29 is 0 Å². The summed E-state index contributed by atoms with van der Waals surface area (Å²) in [5, 5.41) is 5.34. The van der Waals surface area contributed by atoms with Gasteiger partial charge in [0.2, 0.25) is 0 Å². The molecule has 0 aliphatic carbocycles. The molecule has 3 aromatic heterocycles. The van der Waals surface area contributed by atoms with Crippen LogP contribution in [0, 0.1) is 0 Å². The molecule has 0 aliphatic rings. The topological polar surface area (TPSA) is 38.7 Å². The first-order valence-electron chi connectivity index (χ1n) is 16.6. The van der Waals surface area contributed by atoms with E-state index in [1.165, 1.54) is 51.5 Å². The van der Waals surface area contributed by atoms with Gasteiger partial charge in [-0.3, -0.25) is 0 Å². The van der Waals surface area contributed by atoms with Crippen LogP contribution < -0.4 is 0 Å². The van der Waals surface area contributed by atoms with E-state index in [-0.39, 0.29) is 0 Å². The van der Waals surface area contributed by atoms with Crippen LogP contribution in [0.3, 0.4) is 0 Å². The minimum atomic E-state index is 0.651. The summed E-state index contributed by atoms with van der Waals surface area (Å²) >= 11 is 3.76. The van der Waals surface area contributed by atoms with Crippen LogP contribution in [0.5, 0.6) is 0 Å². The molecule has 0 aliphatic heterocycles. The maximum Gasteiger partial charge on any atom is 0.164 e. The van der Waals surface area contributed by atoms with Gasteiger partial charge in [0.15, 0.2) is 17.5 Å². The average molecular weight is 674 g/mol. The van der Waals surface area contributed by atoms with Gasteiger partial charge in [-0.15, -0.1) is 22.7 Å². The van der Waals surface area contributed by atoms with E-state index in [2.05, 4.69) is 103 Å². The van der Waals surface area contributed by atoms with Crippen molar-refractivity contribution in [1.29, 1.82) is 0 Å². The fraction of sp³-hybridized carbons (Fsp3) is 0. The number of rotatable bonds is 5. The Morgan fingerprint density at radius 3 is 1.30 bits per heavy atom. The van der Waals surface area contributed by atoms with Crippen LogP contribution in [-0.2, 0) is 0 Å². The van der Waals surface area contributed by atoms with Crippen LogP contribution in [0.4, 0.5) is 0 Å². The van der Waals surface area contributed by atoms with Gasteiger partial charge in [-0.1, -0.05) is 121 Å². The second-order valence-corrected chi connectivity index (χ2v) is 14.6. The second kappa shape index (κ2) is 11.8. The zero-order valence-corrected chi connectivity index (χ0v) is 28.4. The van der Waals surface area contributed by atoms with Crippen molar-refractivity contribution in [3.63, 3.8) is 0 Å². The molecule has 234 valence electrons. The van der Waals surface area contributed by atoms with Crippen molar-refractivity contribution in [3.8, 4) is 56.4 Å². The Morgan fingerprint density at radius 1 is 0.260 bits per heavy atom. The summed E-state index contributed by atoms with van der Waals surface area (Å²) in [5.41, 5.74) is 7.53. The predicted molar refractivity (Wildman–Crippen MR) is 213 cm³/mol. The number of aromatic nitrogens is 3. The molecule has 0 amide bonds. The van der Waals surface area contributed by atoms with Crippen molar-refractivity contribution in [3.05, 3.63) is 164 Å². The van der Waals surface area contributed by atoms with Crippen molar-refractivity contribution >= 4 is 63.0 Å². The molecule has 3 nitrogen and oxygen atoms in total. The summed E-state index contributed by atoms with van der Waals surface area (Å²) in [5.74, 6) is 1.97. The summed E-state index contributed by atoms with van der Waals surface area (Å²) in [6.45, 7) is 0. The fourth-order valence-corrected chi connectivity index (χ4v) is 9.06. The van der Waals surface area contributed by atoms with Gasteiger partial charge in [-0.05, 0) is 64.7 Å². The van der Waals surface area contributed by atoms with Gasteiger partial charge >= 0.3 is 0 Å². The summed E-state index contributed by atoms with van der Waals surface area (Å²) in [6.07, 6.45) is 0. The standard InChI is InChI=1S/C45H27N3S2/c1-3-11-28(12-4-1)43-46-44(29-13-5-2-6-14-29)48-45(47-43)34-18-10-17-32(24-34)30-15-9-16-31(23-30)33-21-22-40-36(25-33)38-27-41-37(26-42(38)50-40)35-19-7-8-20-39(35)49-41/h1-27H. The lowest BCUT2D eigenvalue weighted by Gasteiger charge is -2.10. The van der Waals surface area contributed by atoms with E-state index in [1.54, 1.807) is 0 Å². The van der Waals surface area contributed by atoms with Gasteiger partial charge in [0, 0.05) is 57.0 Å². The Morgan fingerprint density at radius 2 is 0.680 bits per heavy atom. The number of hydrogen-bond donors (Lipinski definition) is 0. The van der Waals surface area contributed by atoms with Gasteiger partial charge in [0.25, 0.3) is 0 Å². The molecule has 3 heterocycles. The fourth-order valence-electron chi connectivity index (χ4n) is 6.83. The molecule has 0 N–H and O–H groups in total. The van der Waals surface area contributed by atoms with Crippen molar-refractivity contribution in [2.24, 2.45) is 0 Å². The molecule has 0 fully saturated rings. The highest BCUT2D eigenvalue weighted by Crippen LogP contribution is 2.43. The molecular formula is C45H27N3S2. The van der Waals surface area contributed by atoms with E-state index >= 15 is 0 Å². The smallest absolute Gasteiger partial charge is 0.164 e. The Labute approximate surface area is 296 Å². The highest BCUT2D eigenvalue weighted by molar-refractivity contribution is 7.27. The van der Waals surface area contributed by atoms with Crippen LogP contribution in [0.2, 0.25) is 0 Å². The van der Waals surface area contributed by atoms with E-state index in [9.17, 15) is 0 Å². The number of benzene rings is 7. The SMILES string of the molecule is c1ccc(-c2nc(-c3ccccc3)nc(-c3cccc(-c4cccc(-c5ccc6sc7cc8c(cc7c6c5)sc5ccccc58)c4)c3)n2)cc1. The van der Waals surface area contributed by atoms with Gasteiger partial charge in [0.1, 0.15) is 0 Å². The lowest BCUT2D eigenvalue weighted by atomic mass is 9.97. The summed E-state index contributed by atoms with van der Waals surface area (Å²) < 4.78 is 5.34. The molecular weight excluding hydrogens is 647 g/mol. The maximum absolute atomic E-state index is 4.96. The van der Waals surface area contributed by atoms with Crippen molar-refractivity contribution in [2.75, 3.05) is 0 Å². The Kier molecular flexibility index (Phi) is 6.86. The molecule has 5 heteroatoms. The minimum Gasteiger partial charge on any atom is -0.208 e. The normalized spacial score (nSPS) is 11.6. The molecule has 10 aromatic rings. The van der Waals surface area contributed by atoms with Crippen LogP contribution >= 0.6 is 22.7 Å². The van der Waals surface area contributed by atoms with E-state index in [1.807, 2.05) is 83.3 Å². The first-order valence-corrected chi connectivity index (χ1v) is 18.2. The molecule has 0 bridgehead atoms. The third kappa shape index (κ3) is 5.07. The molecule has 0 saturated heterocycles. The van der Waals surface area contributed by atoms with E-state index in [0.717, 1.165) is 27.8 Å². The van der Waals surface area contributed by atoms with Crippen molar-refractivity contribution in [1.82, 2.24) is 15.0 Å². The highest BCUT2D eigenvalue weighted by atomic mass is 32.1. The zero-order valence-electron chi connectivity index (χ0n) is 26.7. The number of nitrogens with zero attached hydrogens (tertiary/aromatic N) is 3. The Bertz CT molecular complexity index is 2810. The molecule has 0 atom stereocenters. The summed E-state index contributed by atoms with van der Waals surface area (Å²) in [7, 11) is 0. The first kappa shape index (κ1) is 29.0. The first-order chi connectivity index (χ1) is 24.7. The quantitative estimate of drug-likeness (QED) is 0.182. The zero-order chi connectivity index (χ0) is 33.0. The molecule has 0 unspecified atom stereocenters. The lowest BCUT2D eigenvalue weighted by molar-refractivity contribution is 1.07. The number of fused-ring (bicyclic) bond motifs is 6. The van der Waals surface area contributed by atoms with Gasteiger partial charge < -0.3 is 0 Å². The van der Waals surface area contributed by atoms with Crippen LogP contribution in [0.25, 0.3) is 96.8 Å². The van der Waals surface area contributed by atoms with Gasteiger partial charge in [-0.2, -0.15) is 0 Å². The summed E-state index contributed by atoms with van der Waals surface area (Å²) in [4.78, 5) is 14.8. The van der Waals surface area contributed by atoms with Crippen LogP contribution in [-0.4, -0.2) is 15.0 Å². The largest absolute Gasteiger partial charge is 0.208 e. The lowest BCUT2D eigenvalue weighted by Crippen LogP contribution is -2.00. The van der Waals surface area contributed by atoms with Crippen LogP contribution in [0.15, 0.2) is 164 Å². The molecule has 0 spiro atoms. The highest BCUT2D eigenvalue weighted by Gasteiger charge is 2.15. The number of hydrogen-bond acceptors (Lipinski definition) is 5. The average Bonchev–Trinajstić information content (AvgIpc) is 3.74. The number of thiophene rings is 2. The second-order valence-electron chi connectivity index (χ2n) is 12.5. The van der Waals surface area contributed by atoms with E-state index in [0.29, 0.717) is 17.5 Å². The molecule has 10 rings (SSSR count). The molecule has 0 radical (unpaired) electrons. The molecule has 7 aromatic carbocycles. The van der Waals surface area contributed by atoms with Gasteiger partial charge in [0.05, 0.1) is 0 Å². The predicted octanol–water partition coefficient (Wildman–Crippen LogP) is 12.9. The Balaban J connectivity index is 1.04. The van der Waals surface area contributed by atoms with Gasteiger partial charge in [-0.25, -0.2) is 15.0 Å². The van der Waals surface area contributed by atoms with Crippen LogP contribution in [0.1, 0.15) is 0 Å². The minimum absolute atomic E-state index is 0.651. The maximum atomic E-state index is 4.96. The third-order valence-electron chi connectivity index (χ3n) is 9.32. The van der Waals surface area contributed by atoms with Crippen molar-refractivity contribution in [2.45, 2.75) is 0 Å². The Hall–Kier alpha value is -6.01. The third-order valence-corrected chi connectivity index (χ3v) is 11.6. The van der Waals surface area contributed by atoms with E-state index < -0.39 is 0 Å². The summed E-state index contributed by atoms with van der Waals surface area (Å²) in [6, 6.07) is 58.0. The van der Waals surface area contributed by atoms with E-state index in [4.69, 9.17) is 15.0 Å². The molecule has 0 saturated carbocycles.